The summed E-state index contributed by atoms with van der Waals surface area (Å²) in [6.45, 7) is 2.28. The fraction of sp³-hybridized carbons (Fsp3) is 0.731. The van der Waals surface area contributed by atoms with Gasteiger partial charge in [-0.2, -0.15) is 13.2 Å². The van der Waals surface area contributed by atoms with Crippen molar-refractivity contribution in [3.05, 3.63) is 29.8 Å². The van der Waals surface area contributed by atoms with Crippen molar-refractivity contribution in [1.82, 2.24) is 0 Å². The zero-order chi connectivity index (χ0) is 22.3. The van der Waals surface area contributed by atoms with Crippen LogP contribution in [-0.4, -0.2) is 5.97 Å². The molecule has 3 rings (SSSR count). The highest BCUT2D eigenvalue weighted by Gasteiger charge is 2.31. The molecule has 5 heteroatoms. The van der Waals surface area contributed by atoms with Crippen LogP contribution in [0.25, 0.3) is 0 Å². The maximum atomic E-state index is 12.6. The van der Waals surface area contributed by atoms with E-state index < -0.39 is 11.7 Å². The number of ether oxygens (including phenoxy) is 1. The second-order valence-electron chi connectivity index (χ2n) is 9.74. The van der Waals surface area contributed by atoms with E-state index in [9.17, 15) is 18.0 Å². The summed E-state index contributed by atoms with van der Waals surface area (Å²) in [5.41, 5.74) is -0.737. The first kappa shape index (κ1) is 24.1. The van der Waals surface area contributed by atoms with Gasteiger partial charge in [-0.3, -0.25) is 4.79 Å². The van der Waals surface area contributed by atoms with Crippen LogP contribution in [0.3, 0.4) is 0 Å². The molecule has 2 fully saturated rings. The molecule has 0 amide bonds. The molecule has 0 radical (unpaired) electrons. The molecule has 2 nitrogen and oxygen atoms in total. The minimum absolute atomic E-state index is 0.177. The van der Waals surface area contributed by atoms with Crippen molar-refractivity contribution in [3.63, 3.8) is 0 Å². The lowest BCUT2D eigenvalue weighted by Gasteiger charge is -2.38. The van der Waals surface area contributed by atoms with E-state index in [2.05, 4.69) is 6.92 Å². The molecule has 2 saturated carbocycles. The predicted octanol–water partition coefficient (Wildman–Crippen LogP) is 8.19. The van der Waals surface area contributed by atoms with Gasteiger partial charge >= 0.3 is 12.1 Å². The Morgan fingerprint density at radius 2 is 1.39 bits per heavy atom. The first-order valence-corrected chi connectivity index (χ1v) is 12.2. The molecule has 31 heavy (non-hydrogen) atoms. The average Bonchev–Trinajstić information content (AvgIpc) is 2.77. The van der Waals surface area contributed by atoms with Gasteiger partial charge in [0.05, 0.1) is 5.56 Å². The molecule has 0 unspecified atom stereocenters. The van der Waals surface area contributed by atoms with E-state index in [0.29, 0.717) is 12.3 Å². The monoisotopic (exact) mass is 438 g/mol. The van der Waals surface area contributed by atoms with Crippen molar-refractivity contribution in [2.45, 2.75) is 96.6 Å². The van der Waals surface area contributed by atoms with Gasteiger partial charge in [0, 0.05) is 6.42 Å². The van der Waals surface area contributed by atoms with Crippen LogP contribution in [0, 0.1) is 23.7 Å². The standard InChI is InChI=1S/C26H37F3O2/c1-2-3-4-19-5-10-21(11-6-19)22-12-7-20(8-13-22)9-18-25(30)31-24-16-14-23(15-17-24)26(27,28)29/h14-17,19-22H,2-13,18H2,1H3/t19-,20-,21-,22-. The fourth-order valence-corrected chi connectivity index (χ4v) is 5.61. The maximum absolute atomic E-state index is 12.6. The molecule has 1 aromatic carbocycles. The summed E-state index contributed by atoms with van der Waals surface area (Å²) in [6.07, 6.45) is 11.5. The topological polar surface area (TPSA) is 26.3 Å². The van der Waals surface area contributed by atoms with E-state index >= 15 is 0 Å². The van der Waals surface area contributed by atoms with Crippen LogP contribution in [0.4, 0.5) is 13.2 Å². The van der Waals surface area contributed by atoms with Crippen molar-refractivity contribution < 1.29 is 22.7 Å². The van der Waals surface area contributed by atoms with Crippen molar-refractivity contribution in [3.8, 4) is 5.75 Å². The molecule has 0 aliphatic heterocycles. The van der Waals surface area contributed by atoms with Crippen molar-refractivity contribution in [2.24, 2.45) is 23.7 Å². The highest BCUT2D eigenvalue weighted by Crippen LogP contribution is 2.43. The molecule has 0 spiro atoms. The summed E-state index contributed by atoms with van der Waals surface area (Å²) in [5, 5.41) is 0. The molecule has 0 aromatic heterocycles. The van der Waals surface area contributed by atoms with Crippen LogP contribution in [0.1, 0.15) is 96.0 Å². The predicted molar refractivity (Wildman–Crippen MR) is 117 cm³/mol. The number of unbranched alkanes of at least 4 members (excludes halogenated alkanes) is 1. The van der Waals surface area contributed by atoms with E-state index in [1.54, 1.807) is 0 Å². The van der Waals surface area contributed by atoms with E-state index in [1.807, 2.05) is 0 Å². The van der Waals surface area contributed by atoms with Gasteiger partial charge in [0.15, 0.2) is 0 Å². The Morgan fingerprint density at radius 3 is 1.87 bits per heavy atom. The minimum Gasteiger partial charge on any atom is -0.427 e. The summed E-state index contributed by atoms with van der Waals surface area (Å²) in [4.78, 5) is 12.1. The lowest BCUT2D eigenvalue weighted by atomic mass is 9.68. The third-order valence-corrected chi connectivity index (χ3v) is 7.59. The molecular weight excluding hydrogens is 401 g/mol. The van der Waals surface area contributed by atoms with Crippen LogP contribution in [0.5, 0.6) is 5.75 Å². The Balaban J connectivity index is 1.32. The molecule has 2 aliphatic carbocycles. The summed E-state index contributed by atoms with van der Waals surface area (Å²) < 4.78 is 43.0. The number of esters is 1. The molecule has 0 N–H and O–H groups in total. The van der Waals surface area contributed by atoms with Crippen molar-refractivity contribution in [1.29, 1.82) is 0 Å². The van der Waals surface area contributed by atoms with Gasteiger partial charge < -0.3 is 4.74 Å². The van der Waals surface area contributed by atoms with Gasteiger partial charge in [-0.1, -0.05) is 51.9 Å². The lowest BCUT2D eigenvalue weighted by molar-refractivity contribution is -0.137. The highest BCUT2D eigenvalue weighted by atomic mass is 19.4. The second-order valence-corrected chi connectivity index (χ2v) is 9.74. The Labute approximate surface area is 184 Å². The lowest BCUT2D eigenvalue weighted by Crippen LogP contribution is -2.26. The van der Waals surface area contributed by atoms with Crippen LogP contribution in [0.2, 0.25) is 0 Å². The van der Waals surface area contributed by atoms with Crippen LogP contribution in [0.15, 0.2) is 24.3 Å². The number of alkyl halides is 3. The van der Waals surface area contributed by atoms with Gasteiger partial charge in [0.25, 0.3) is 0 Å². The Bertz CT molecular complexity index is 667. The smallest absolute Gasteiger partial charge is 0.416 e. The number of benzene rings is 1. The van der Waals surface area contributed by atoms with Gasteiger partial charge in [-0.15, -0.1) is 0 Å². The number of carbonyl (C=O) groups is 1. The molecule has 0 heterocycles. The third-order valence-electron chi connectivity index (χ3n) is 7.59. The Kier molecular flexibility index (Phi) is 8.85. The zero-order valence-electron chi connectivity index (χ0n) is 18.8. The molecule has 2 aliphatic rings. The van der Waals surface area contributed by atoms with Gasteiger partial charge in [0.2, 0.25) is 0 Å². The van der Waals surface area contributed by atoms with Crippen LogP contribution in [-0.2, 0) is 11.0 Å². The maximum Gasteiger partial charge on any atom is 0.416 e. The number of rotatable bonds is 8. The van der Waals surface area contributed by atoms with E-state index in [0.717, 1.165) is 36.3 Å². The Hall–Kier alpha value is -1.52. The molecule has 0 saturated heterocycles. The normalized spacial score (nSPS) is 27.1. The van der Waals surface area contributed by atoms with E-state index in [-0.39, 0.29) is 11.7 Å². The molecule has 0 bridgehead atoms. The van der Waals surface area contributed by atoms with Gasteiger partial charge in [-0.25, -0.2) is 0 Å². The summed E-state index contributed by atoms with van der Waals surface area (Å²) >= 11 is 0. The first-order chi connectivity index (χ1) is 14.8. The number of hydrogen-bond donors (Lipinski definition) is 0. The molecule has 1 aromatic rings. The summed E-state index contributed by atoms with van der Waals surface area (Å²) in [6, 6.07) is 4.31. The quantitative estimate of drug-likeness (QED) is 0.302. The van der Waals surface area contributed by atoms with E-state index in [4.69, 9.17) is 4.74 Å². The number of halogens is 3. The zero-order valence-corrected chi connectivity index (χ0v) is 18.8. The SMILES string of the molecule is CCCC[C@H]1CC[C@H]([C@H]2CC[C@H](CCC(=O)Oc3ccc(C(F)(F)F)cc3)CC2)CC1. The van der Waals surface area contributed by atoms with Gasteiger partial charge in [0.1, 0.15) is 5.75 Å². The van der Waals surface area contributed by atoms with Crippen LogP contribution >= 0.6 is 0 Å². The molecule has 0 atom stereocenters. The second kappa shape index (κ2) is 11.4. The van der Waals surface area contributed by atoms with E-state index in [1.165, 1.54) is 82.8 Å². The highest BCUT2D eigenvalue weighted by molar-refractivity contribution is 5.72. The molecular formula is C26H37F3O2. The van der Waals surface area contributed by atoms with Crippen molar-refractivity contribution in [2.75, 3.05) is 0 Å². The summed E-state index contributed by atoms with van der Waals surface area (Å²) in [7, 11) is 0. The van der Waals surface area contributed by atoms with Crippen molar-refractivity contribution >= 4 is 5.97 Å². The summed E-state index contributed by atoms with van der Waals surface area (Å²) in [5.74, 6) is 3.12. The average molecular weight is 439 g/mol. The third kappa shape index (κ3) is 7.54. The Morgan fingerprint density at radius 1 is 0.871 bits per heavy atom. The van der Waals surface area contributed by atoms with Gasteiger partial charge in [-0.05, 0) is 80.0 Å². The number of hydrogen-bond acceptors (Lipinski definition) is 2. The minimum atomic E-state index is -4.38. The first-order valence-electron chi connectivity index (χ1n) is 12.2. The molecule has 174 valence electrons. The number of carbonyl (C=O) groups excluding carboxylic acids is 1. The van der Waals surface area contributed by atoms with Crippen LogP contribution < -0.4 is 4.74 Å². The largest absolute Gasteiger partial charge is 0.427 e. The fourth-order valence-electron chi connectivity index (χ4n) is 5.61.